The Labute approximate surface area is 149 Å². The van der Waals surface area contributed by atoms with Crippen LogP contribution in [0.3, 0.4) is 0 Å². The van der Waals surface area contributed by atoms with Gasteiger partial charge in [-0.1, -0.05) is 12.1 Å². The van der Waals surface area contributed by atoms with Crippen molar-refractivity contribution in [1.82, 2.24) is 0 Å². The predicted octanol–water partition coefficient (Wildman–Crippen LogP) is 0.868. The third kappa shape index (κ3) is 3.72. The van der Waals surface area contributed by atoms with Crippen LogP contribution in [-0.2, 0) is 11.2 Å². The van der Waals surface area contributed by atoms with E-state index in [9.17, 15) is 25.5 Å². The molecule has 2 heterocycles. The normalized spacial score (nSPS) is 29.7. The van der Waals surface area contributed by atoms with Gasteiger partial charge >= 0.3 is 0 Å². The molecule has 5 N–H and O–H groups in total. The second-order valence-corrected chi connectivity index (χ2v) is 7.61. The summed E-state index contributed by atoms with van der Waals surface area (Å²) in [5.41, 5.74) is 2.10. The first-order valence-corrected chi connectivity index (χ1v) is 8.90. The standard InChI is InChI=1S/C18H22O6S/c1-9-11(6-10-2-4-12(20)5-3-10)7-14(25-9)18-17(23)16(22)15(21)13(8-19)24-18/h2-5,7,13,15-23H,6,8H2,1H3/t13-,15-,16+,17-,18?/m1/s1. The van der Waals surface area contributed by atoms with Crippen LogP contribution in [0.2, 0.25) is 0 Å². The van der Waals surface area contributed by atoms with E-state index in [1.54, 1.807) is 12.1 Å². The highest BCUT2D eigenvalue weighted by atomic mass is 32.1. The molecule has 0 spiro atoms. The van der Waals surface area contributed by atoms with Crippen molar-refractivity contribution in [3.05, 3.63) is 51.2 Å². The van der Waals surface area contributed by atoms with Gasteiger partial charge in [-0.3, -0.25) is 0 Å². The molecule has 0 aliphatic carbocycles. The van der Waals surface area contributed by atoms with Crippen LogP contribution in [-0.4, -0.2) is 56.6 Å². The Hall–Kier alpha value is -1.48. The second kappa shape index (κ2) is 7.41. The molecule has 25 heavy (non-hydrogen) atoms. The Bertz CT molecular complexity index is 711. The Kier molecular flexibility index (Phi) is 5.43. The summed E-state index contributed by atoms with van der Waals surface area (Å²) in [6.07, 6.45) is -5.04. The maximum absolute atomic E-state index is 10.3. The lowest BCUT2D eigenvalue weighted by atomic mass is 9.94. The van der Waals surface area contributed by atoms with E-state index in [2.05, 4.69) is 0 Å². The molecule has 1 aromatic heterocycles. The van der Waals surface area contributed by atoms with Gasteiger partial charge in [0.25, 0.3) is 0 Å². The molecule has 1 aliphatic rings. The molecule has 3 rings (SSSR count). The molecular formula is C18H22O6S. The van der Waals surface area contributed by atoms with E-state index in [4.69, 9.17) is 4.74 Å². The lowest BCUT2D eigenvalue weighted by Gasteiger charge is -2.39. The van der Waals surface area contributed by atoms with Gasteiger partial charge in [0.1, 0.15) is 36.3 Å². The lowest BCUT2D eigenvalue weighted by Crippen LogP contribution is -2.55. The number of phenolic OH excluding ortho intramolecular Hbond substituents is 1. The van der Waals surface area contributed by atoms with Gasteiger partial charge in [0.05, 0.1) is 6.61 Å². The maximum Gasteiger partial charge on any atom is 0.121 e. The number of aryl methyl sites for hydroxylation is 1. The summed E-state index contributed by atoms with van der Waals surface area (Å²) in [5, 5.41) is 48.8. The quantitative estimate of drug-likeness (QED) is 0.549. The van der Waals surface area contributed by atoms with E-state index in [1.807, 2.05) is 25.1 Å². The first-order chi connectivity index (χ1) is 11.9. The number of phenols is 1. The summed E-state index contributed by atoms with van der Waals surface area (Å²) in [6, 6.07) is 8.88. The molecule has 136 valence electrons. The summed E-state index contributed by atoms with van der Waals surface area (Å²) in [4.78, 5) is 1.79. The first kappa shape index (κ1) is 18.3. The zero-order chi connectivity index (χ0) is 18.1. The van der Waals surface area contributed by atoms with Crippen LogP contribution in [0.5, 0.6) is 5.75 Å². The SMILES string of the molecule is Cc1sc(C2O[C@H](CO)[C@@H](O)[C@H](O)[C@H]2O)cc1Cc1ccc(O)cc1. The van der Waals surface area contributed by atoms with Crippen LogP contribution in [0.25, 0.3) is 0 Å². The molecule has 0 radical (unpaired) electrons. The zero-order valence-electron chi connectivity index (χ0n) is 13.7. The minimum atomic E-state index is -1.38. The lowest BCUT2D eigenvalue weighted by molar-refractivity contribution is -0.230. The molecule has 0 saturated carbocycles. The van der Waals surface area contributed by atoms with Gasteiger partial charge in [-0.2, -0.15) is 0 Å². The van der Waals surface area contributed by atoms with E-state index >= 15 is 0 Å². The van der Waals surface area contributed by atoms with Gasteiger partial charge < -0.3 is 30.3 Å². The molecule has 1 saturated heterocycles. The molecule has 2 aromatic rings. The van der Waals surface area contributed by atoms with Crippen molar-refractivity contribution >= 4 is 11.3 Å². The van der Waals surface area contributed by atoms with E-state index < -0.39 is 37.1 Å². The Morgan fingerprint density at radius 2 is 1.72 bits per heavy atom. The number of hydrogen-bond acceptors (Lipinski definition) is 7. The van der Waals surface area contributed by atoms with Crippen molar-refractivity contribution in [2.45, 2.75) is 43.9 Å². The molecule has 1 aliphatic heterocycles. The largest absolute Gasteiger partial charge is 0.508 e. The molecule has 6 nitrogen and oxygen atoms in total. The highest BCUT2D eigenvalue weighted by Gasteiger charge is 2.44. The number of benzene rings is 1. The number of hydrogen-bond donors (Lipinski definition) is 5. The topological polar surface area (TPSA) is 110 Å². The van der Waals surface area contributed by atoms with Crippen LogP contribution in [0.15, 0.2) is 30.3 Å². The molecular weight excluding hydrogens is 344 g/mol. The van der Waals surface area contributed by atoms with Gasteiger partial charge in [-0.15, -0.1) is 11.3 Å². The summed E-state index contributed by atoms with van der Waals surface area (Å²) in [6.45, 7) is 1.53. The van der Waals surface area contributed by atoms with Crippen molar-refractivity contribution in [3.63, 3.8) is 0 Å². The second-order valence-electron chi connectivity index (χ2n) is 6.32. The van der Waals surface area contributed by atoms with Crippen molar-refractivity contribution in [2.75, 3.05) is 6.61 Å². The van der Waals surface area contributed by atoms with Crippen molar-refractivity contribution in [2.24, 2.45) is 0 Å². The maximum atomic E-state index is 10.3. The van der Waals surface area contributed by atoms with Gasteiger partial charge in [0.15, 0.2) is 0 Å². The van der Waals surface area contributed by atoms with E-state index in [-0.39, 0.29) is 5.75 Å². The predicted molar refractivity (Wildman–Crippen MR) is 92.7 cm³/mol. The fourth-order valence-electron chi connectivity index (χ4n) is 3.03. The average Bonchev–Trinajstić information content (AvgIpc) is 2.95. The average molecular weight is 366 g/mol. The number of rotatable bonds is 4. The number of ether oxygens (including phenoxy) is 1. The molecule has 1 aromatic carbocycles. The third-order valence-corrected chi connectivity index (χ3v) is 5.70. The number of aromatic hydroxyl groups is 1. The van der Waals surface area contributed by atoms with Gasteiger partial charge in [-0.25, -0.2) is 0 Å². The van der Waals surface area contributed by atoms with Crippen molar-refractivity contribution in [3.8, 4) is 5.75 Å². The fraction of sp³-hybridized carbons (Fsp3) is 0.444. The summed E-state index contributed by atoms with van der Waals surface area (Å²) >= 11 is 1.45. The number of thiophene rings is 1. The van der Waals surface area contributed by atoms with Crippen LogP contribution in [0.4, 0.5) is 0 Å². The Balaban J connectivity index is 1.82. The zero-order valence-corrected chi connectivity index (χ0v) is 14.6. The Morgan fingerprint density at radius 1 is 1.04 bits per heavy atom. The van der Waals surface area contributed by atoms with E-state index in [0.29, 0.717) is 6.42 Å². The summed E-state index contributed by atoms with van der Waals surface area (Å²) in [7, 11) is 0. The van der Waals surface area contributed by atoms with E-state index in [1.165, 1.54) is 11.3 Å². The monoisotopic (exact) mass is 366 g/mol. The number of aliphatic hydroxyl groups excluding tert-OH is 4. The fourth-order valence-corrected chi connectivity index (χ4v) is 4.16. The summed E-state index contributed by atoms with van der Waals surface area (Å²) in [5.74, 6) is 0.216. The van der Waals surface area contributed by atoms with Gasteiger partial charge in [0.2, 0.25) is 0 Å². The highest BCUT2D eigenvalue weighted by Crippen LogP contribution is 2.37. The van der Waals surface area contributed by atoms with Gasteiger partial charge in [0, 0.05) is 9.75 Å². The van der Waals surface area contributed by atoms with Crippen LogP contribution in [0, 0.1) is 6.92 Å². The highest BCUT2D eigenvalue weighted by molar-refractivity contribution is 7.12. The van der Waals surface area contributed by atoms with Gasteiger partial charge in [-0.05, 0) is 42.7 Å². The first-order valence-electron chi connectivity index (χ1n) is 8.08. The third-order valence-electron chi connectivity index (χ3n) is 4.54. The molecule has 0 amide bonds. The molecule has 5 atom stereocenters. The summed E-state index contributed by atoms with van der Waals surface area (Å²) < 4.78 is 5.62. The van der Waals surface area contributed by atoms with E-state index in [0.717, 1.165) is 20.9 Å². The van der Waals surface area contributed by atoms with Crippen LogP contribution >= 0.6 is 11.3 Å². The minimum Gasteiger partial charge on any atom is -0.508 e. The molecule has 1 unspecified atom stereocenters. The Morgan fingerprint density at radius 3 is 2.36 bits per heavy atom. The van der Waals surface area contributed by atoms with Crippen LogP contribution < -0.4 is 0 Å². The minimum absolute atomic E-state index is 0.216. The van der Waals surface area contributed by atoms with Crippen molar-refractivity contribution in [1.29, 1.82) is 0 Å². The van der Waals surface area contributed by atoms with Crippen molar-refractivity contribution < 1.29 is 30.3 Å². The molecule has 7 heteroatoms. The smallest absolute Gasteiger partial charge is 0.121 e. The van der Waals surface area contributed by atoms with Crippen LogP contribution in [0.1, 0.15) is 27.0 Å². The number of aliphatic hydroxyl groups is 4. The molecule has 0 bridgehead atoms. The molecule has 1 fully saturated rings.